The third kappa shape index (κ3) is 3.94. The molecule has 1 aromatic carbocycles. The van der Waals surface area contributed by atoms with Crippen molar-refractivity contribution in [3.63, 3.8) is 0 Å². The molecule has 1 unspecified atom stereocenters. The Morgan fingerprint density at radius 2 is 2.21 bits per heavy atom. The van der Waals surface area contributed by atoms with Crippen molar-refractivity contribution in [2.75, 3.05) is 13.7 Å². The van der Waals surface area contributed by atoms with Crippen LogP contribution in [0.3, 0.4) is 0 Å². The van der Waals surface area contributed by atoms with Crippen molar-refractivity contribution in [2.45, 2.75) is 12.6 Å². The average molecular weight is 298 g/mol. The molecule has 3 nitrogen and oxygen atoms in total. The maximum atomic E-state index is 9.50. The Morgan fingerprint density at radius 3 is 2.84 bits per heavy atom. The van der Waals surface area contributed by atoms with Crippen LogP contribution >= 0.6 is 22.9 Å². The summed E-state index contributed by atoms with van der Waals surface area (Å²) in [7, 11) is 1.63. The highest BCUT2D eigenvalue weighted by molar-refractivity contribution is 7.16. The number of rotatable bonds is 6. The zero-order valence-corrected chi connectivity index (χ0v) is 12.2. The van der Waals surface area contributed by atoms with E-state index >= 15 is 0 Å². The minimum absolute atomic E-state index is 0.0340. The summed E-state index contributed by atoms with van der Waals surface area (Å²) in [6.45, 7) is 0.714. The van der Waals surface area contributed by atoms with E-state index in [1.54, 1.807) is 7.11 Å². The van der Waals surface area contributed by atoms with Gasteiger partial charge in [0.25, 0.3) is 0 Å². The van der Waals surface area contributed by atoms with Crippen LogP contribution in [0.4, 0.5) is 0 Å². The number of hydrogen-bond acceptors (Lipinski definition) is 4. The number of ether oxygens (including phenoxy) is 1. The van der Waals surface area contributed by atoms with E-state index in [0.717, 1.165) is 20.5 Å². The van der Waals surface area contributed by atoms with E-state index in [2.05, 4.69) is 5.32 Å². The Kier molecular flexibility index (Phi) is 5.22. The van der Waals surface area contributed by atoms with Gasteiger partial charge in [-0.05, 0) is 29.8 Å². The number of benzene rings is 1. The van der Waals surface area contributed by atoms with Gasteiger partial charge in [0.05, 0.1) is 24.1 Å². The third-order valence-corrected chi connectivity index (χ3v) is 4.06. The van der Waals surface area contributed by atoms with Crippen LogP contribution in [-0.2, 0) is 6.54 Å². The monoisotopic (exact) mass is 297 g/mol. The highest BCUT2D eigenvalue weighted by Gasteiger charge is 2.11. The lowest BCUT2D eigenvalue weighted by Crippen LogP contribution is -2.23. The summed E-state index contributed by atoms with van der Waals surface area (Å²) >= 11 is 7.43. The molecule has 0 aliphatic carbocycles. The second-order valence-electron chi connectivity index (χ2n) is 4.10. The number of halogens is 1. The second-order valence-corrected chi connectivity index (χ2v) is 5.90. The summed E-state index contributed by atoms with van der Waals surface area (Å²) in [6.07, 6.45) is 0. The standard InChI is InChI=1S/C14H16ClNO2S/c1-18-11-4-2-3-10(7-11)13(9-17)16-8-12-5-6-14(15)19-12/h2-7,13,16-17H,8-9H2,1H3. The molecule has 0 amide bonds. The molecule has 0 bridgehead atoms. The van der Waals surface area contributed by atoms with Crippen LogP contribution < -0.4 is 10.1 Å². The number of thiophene rings is 1. The lowest BCUT2D eigenvalue weighted by atomic mass is 10.1. The molecule has 0 aliphatic heterocycles. The normalized spacial score (nSPS) is 12.4. The van der Waals surface area contributed by atoms with E-state index in [1.807, 2.05) is 36.4 Å². The first-order valence-electron chi connectivity index (χ1n) is 5.95. The molecule has 0 saturated carbocycles. The van der Waals surface area contributed by atoms with Gasteiger partial charge in [-0.25, -0.2) is 0 Å². The largest absolute Gasteiger partial charge is 0.497 e. The molecule has 1 heterocycles. The molecule has 2 rings (SSSR count). The number of hydrogen-bond donors (Lipinski definition) is 2. The third-order valence-electron chi connectivity index (χ3n) is 2.83. The zero-order chi connectivity index (χ0) is 13.7. The number of nitrogens with one attached hydrogen (secondary N) is 1. The molecule has 1 atom stereocenters. The van der Waals surface area contributed by atoms with Crippen molar-refractivity contribution in [2.24, 2.45) is 0 Å². The Labute approximate surface area is 121 Å². The summed E-state index contributed by atoms with van der Waals surface area (Å²) in [5.74, 6) is 0.789. The van der Waals surface area contributed by atoms with Crippen molar-refractivity contribution < 1.29 is 9.84 Å². The molecule has 0 aliphatic rings. The minimum Gasteiger partial charge on any atom is -0.497 e. The van der Waals surface area contributed by atoms with Crippen molar-refractivity contribution in [3.8, 4) is 5.75 Å². The van der Waals surface area contributed by atoms with Crippen LogP contribution in [0.2, 0.25) is 4.34 Å². The van der Waals surface area contributed by atoms with Gasteiger partial charge in [0.1, 0.15) is 5.75 Å². The van der Waals surface area contributed by atoms with Crippen LogP contribution in [0.5, 0.6) is 5.75 Å². The first kappa shape index (κ1) is 14.3. The van der Waals surface area contributed by atoms with Crippen LogP contribution in [0, 0.1) is 0 Å². The van der Waals surface area contributed by atoms with E-state index in [-0.39, 0.29) is 12.6 Å². The van der Waals surface area contributed by atoms with Crippen molar-refractivity contribution in [3.05, 3.63) is 51.2 Å². The van der Waals surface area contributed by atoms with E-state index in [4.69, 9.17) is 16.3 Å². The van der Waals surface area contributed by atoms with Crippen molar-refractivity contribution in [1.82, 2.24) is 5.32 Å². The first-order chi connectivity index (χ1) is 9.22. The highest BCUT2D eigenvalue weighted by atomic mass is 35.5. The van der Waals surface area contributed by atoms with Crippen molar-refractivity contribution in [1.29, 1.82) is 0 Å². The topological polar surface area (TPSA) is 41.5 Å². The molecule has 1 aromatic heterocycles. The Balaban J connectivity index is 2.02. The SMILES string of the molecule is COc1cccc(C(CO)NCc2ccc(Cl)s2)c1. The van der Waals surface area contributed by atoms with Gasteiger partial charge in [0, 0.05) is 11.4 Å². The number of methoxy groups -OCH3 is 1. The van der Waals surface area contributed by atoms with E-state index in [0.29, 0.717) is 6.54 Å². The summed E-state index contributed by atoms with van der Waals surface area (Å²) in [5, 5.41) is 12.8. The van der Waals surface area contributed by atoms with Crippen LogP contribution in [0.1, 0.15) is 16.5 Å². The first-order valence-corrected chi connectivity index (χ1v) is 7.15. The molecule has 0 fully saturated rings. The molecule has 5 heteroatoms. The molecule has 19 heavy (non-hydrogen) atoms. The molecule has 2 N–H and O–H groups in total. The number of aliphatic hydroxyl groups excluding tert-OH is 1. The van der Waals surface area contributed by atoms with Gasteiger partial charge < -0.3 is 15.2 Å². The number of aliphatic hydroxyl groups is 1. The summed E-state index contributed by atoms with van der Waals surface area (Å²) in [4.78, 5) is 1.14. The molecule has 0 radical (unpaired) electrons. The van der Waals surface area contributed by atoms with Gasteiger partial charge in [-0.2, -0.15) is 0 Å². The smallest absolute Gasteiger partial charge is 0.119 e. The van der Waals surface area contributed by atoms with E-state index in [1.165, 1.54) is 11.3 Å². The molecule has 0 saturated heterocycles. The van der Waals surface area contributed by atoms with Crippen LogP contribution in [-0.4, -0.2) is 18.8 Å². The van der Waals surface area contributed by atoms with Crippen molar-refractivity contribution >= 4 is 22.9 Å². The maximum absolute atomic E-state index is 9.50. The maximum Gasteiger partial charge on any atom is 0.119 e. The van der Waals surface area contributed by atoms with Gasteiger partial charge in [0.2, 0.25) is 0 Å². The van der Waals surface area contributed by atoms with Crippen LogP contribution in [0.25, 0.3) is 0 Å². The lowest BCUT2D eigenvalue weighted by molar-refractivity contribution is 0.243. The van der Waals surface area contributed by atoms with Gasteiger partial charge in [-0.3, -0.25) is 0 Å². The molecule has 2 aromatic rings. The van der Waals surface area contributed by atoms with Crippen LogP contribution in [0.15, 0.2) is 36.4 Å². The second kappa shape index (κ2) is 6.91. The Hall–Kier alpha value is -1.07. The fraction of sp³-hybridized carbons (Fsp3) is 0.286. The predicted octanol–water partition coefficient (Wildman–Crippen LogP) is 3.23. The molecule has 0 spiro atoms. The zero-order valence-electron chi connectivity index (χ0n) is 10.6. The van der Waals surface area contributed by atoms with Gasteiger partial charge in [-0.1, -0.05) is 23.7 Å². The molecular weight excluding hydrogens is 282 g/mol. The fourth-order valence-electron chi connectivity index (χ4n) is 1.82. The van der Waals surface area contributed by atoms with E-state index in [9.17, 15) is 5.11 Å². The Bertz CT molecular complexity index is 530. The lowest BCUT2D eigenvalue weighted by Gasteiger charge is -2.17. The summed E-state index contributed by atoms with van der Waals surface area (Å²) in [5.41, 5.74) is 1.00. The molecule has 102 valence electrons. The highest BCUT2D eigenvalue weighted by Crippen LogP contribution is 2.23. The quantitative estimate of drug-likeness (QED) is 0.860. The van der Waals surface area contributed by atoms with E-state index < -0.39 is 0 Å². The fourth-order valence-corrected chi connectivity index (χ4v) is 2.86. The minimum atomic E-state index is -0.115. The van der Waals surface area contributed by atoms with Gasteiger partial charge in [-0.15, -0.1) is 11.3 Å². The van der Waals surface area contributed by atoms with Gasteiger partial charge in [0.15, 0.2) is 0 Å². The Morgan fingerprint density at radius 1 is 1.37 bits per heavy atom. The summed E-state index contributed by atoms with van der Waals surface area (Å²) in [6, 6.07) is 11.4. The summed E-state index contributed by atoms with van der Waals surface area (Å²) < 4.78 is 5.97. The average Bonchev–Trinajstić information content (AvgIpc) is 2.85. The molecular formula is C14H16ClNO2S. The predicted molar refractivity (Wildman–Crippen MR) is 79.0 cm³/mol. The van der Waals surface area contributed by atoms with Gasteiger partial charge >= 0.3 is 0 Å².